The zero-order valence-corrected chi connectivity index (χ0v) is 17.6. The first kappa shape index (κ1) is 18.8. The molecule has 2 aromatic carbocycles. The van der Waals surface area contributed by atoms with Gasteiger partial charge in [0.05, 0.1) is 11.4 Å². The number of carbonyl (C=O) groups is 1. The number of hydrogen-bond acceptors (Lipinski definition) is 5. The Kier molecular flexibility index (Phi) is 4.75. The Labute approximate surface area is 178 Å². The van der Waals surface area contributed by atoms with Gasteiger partial charge in [0, 0.05) is 23.1 Å². The number of anilines is 1. The number of aromatic nitrogens is 2. The average Bonchev–Trinajstić information content (AvgIpc) is 3.45. The van der Waals surface area contributed by atoms with Crippen LogP contribution in [0.15, 0.2) is 42.5 Å². The van der Waals surface area contributed by atoms with E-state index in [0.29, 0.717) is 5.75 Å². The van der Waals surface area contributed by atoms with E-state index < -0.39 is 0 Å². The van der Waals surface area contributed by atoms with E-state index in [1.54, 1.807) is 6.08 Å². The third kappa shape index (κ3) is 3.35. The number of nitrogens with one attached hydrogen (secondary N) is 1. The van der Waals surface area contributed by atoms with E-state index >= 15 is 0 Å². The summed E-state index contributed by atoms with van der Waals surface area (Å²) in [6.45, 7) is 4.39. The quantitative estimate of drug-likeness (QED) is 0.626. The molecule has 152 valence electrons. The predicted octanol–water partition coefficient (Wildman–Crippen LogP) is 4.62. The van der Waals surface area contributed by atoms with Crippen LogP contribution in [0.2, 0.25) is 0 Å². The Morgan fingerprint density at radius 1 is 1.17 bits per heavy atom. The minimum Gasteiger partial charge on any atom is -0.454 e. The first-order valence-corrected chi connectivity index (χ1v) is 10.9. The largest absolute Gasteiger partial charge is 0.454 e. The molecule has 0 saturated heterocycles. The first-order valence-electron chi connectivity index (χ1n) is 9.74. The van der Waals surface area contributed by atoms with E-state index in [1.165, 1.54) is 11.6 Å². The Morgan fingerprint density at radius 3 is 2.93 bits per heavy atom. The SMILES string of the molecule is Cc1cccc(-n2nc3c(c2NC(=O)C=Cc2ccc4c(c2)OCO4)CSC3)c1C. The van der Waals surface area contributed by atoms with Crippen molar-refractivity contribution in [3.05, 3.63) is 70.4 Å². The van der Waals surface area contributed by atoms with Crippen LogP contribution in [0.4, 0.5) is 5.82 Å². The second-order valence-electron chi connectivity index (χ2n) is 7.33. The van der Waals surface area contributed by atoms with E-state index in [1.807, 2.05) is 46.8 Å². The van der Waals surface area contributed by atoms with Crippen LogP contribution >= 0.6 is 11.8 Å². The van der Waals surface area contributed by atoms with Crippen LogP contribution in [0.5, 0.6) is 11.5 Å². The van der Waals surface area contributed by atoms with Gasteiger partial charge in [-0.15, -0.1) is 0 Å². The second kappa shape index (κ2) is 7.57. The number of rotatable bonds is 4. The molecule has 2 aliphatic heterocycles. The monoisotopic (exact) mass is 419 g/mol. The van der Waals surface area contributed by atoms with Gasteiger partial charge in [-0.1, -0.05) is 18.2 Å². The first-order chi connectivity index (χ1) is 14.6. The Hall–Kier alpha value is -3.19. The summed E-state index contributed by atoms with van der Waals surface area (Å²) in [6, 6.07) is 11.7. The Bertz CT molecular complexity index is 1180. The molecule has 30 heavy (non-hydrogen) atoms. The van der Waals surface area contributed by atoms with Crippen molar-refractivity contribution in [3.63, 3.8) is 0 Å². The highest BCUT2D eigenvalue weighted by Gasteiger charge is 2.25. The van der Waals surface area contributed by atoms with Crippen LogP contribution in [-0.2, 0) is 16.3 Å². The molecule has 0 radical (unpaired) electrons. The summed E-state index contributed by atoms with van der Waals surface area (Å²) in [5.74, 6) is 3.69. The van der Waals surface area contributed by atoms with Crippen LogP contribution in [0.3, 0.4) is 0 Å². The van der Waals surface area contributed by atoms with Gasteiger partial charge in [0.25, 0.3) is 0 Å². The van der Waals surface area contributed by atoms with Crippen molar-refractivity contribution >= 4 is 29.6 Å². The fourth-order valence-corrected chi connectivity index (χ4v) is 4.66. The number of nitrogens with zero attached hydrogens (tertiary/aromatic N) is 2. The summed E-state index contributed by atoms with van der Waals surface area (Å²) in [5.41, 5.74) is 6.35. The molecule has 0 saturated carbocycles. The lowest BCUT2D eigenvalue weighted by atomic mass is 10.1. The van der Waals surface area contributed by atoms with Crippen molar-refractivity contribution < 1.29 is 14.3 Å². The van der Waals surface area contributed by atoms with Crippen molar-refractivity contribution in [3.8, 4) is 17.2 Å². The molecule has 0 spiro atoms. The standard InChI is InChI=1S/C23H21N3O3S/c1-14-4-3-5-19(15(14)2)26-23(17-11-30-12-18(17)25-26)24-22(27)9-7-16-6-8-20-21(10-16)29-13-28-20/h3-10H,11-13H2,1-2H3,(H,24,27). The van der Waals surface area contributed by atoms with Crippen molar-refractivity contribution in [1.29, 1.82) is 0 Å². The summed E-state index contributed by atoms with van der Waals surface area (Å²) in [5, 5.41) is 7.86. The summed E-state index contributed by atoms with van der Waals surface area (Å²) >= 11 is 1.81. The third-order valence-corrected chi connectivity index (χ3v) is 6.39. The molecule has 0 aliphatic carbocycles. The molecule has 6 nitrogen and oxygen atoms in total. The van der Waals surface area contributed by atoms with Gasteiger partial charge < -0.3 is 14.8 Å². The molecule has 0 bridgehead atoms. The number of aryl methyl sites for hydroxylation is 1. The molecule has 3 aromatic rings. The Morgan fingerprint density at radius 2 is 2.03 bits per heavy atom. The second-order valence-corrected chi connectivity index (χ2v) is 8.32. The number of benzene rings is 2. The molecule has 2 aliphatic rings. The van der Waals surface area contributed by atoms with Gasteiger partial charge in [-0.3, -0.25) is 4.79 Å². The molecule has 1 amide bonds. The normalized spacial score (nSPS) is 14.3. The number of hydrogen-bond donors (Lipinski definition) is 1. The van der Waals surface area contributed by atoms with Gasteiger partial charge in [-0.25, -0.2) is 4.68 Å². The van der Waals surface area contributed by atoms with Gasteiger partial charge in [-0.2, -0.15) is 16.9 Å². The van der Waals surface area contributed by atoms with Gasteiger partial charge in [0.15, 0.2) is 11.5 Å². The number of carbonyl (C=O) groups excluding carboxylic acids is 1. The third-order valence-electron chi connectivity index (χ3n) is 5.42. The lowest BCUT2D eigenvalue weighted by molar-refractivity contribution is -0.111. The van der Waals surface area contributed by atoms with Crippen molar-refractivity contribution in [2.45, 2.75) is 25.4 Å². The van der Waals surface area contributed by atoms with E-state index in [2.05, 4.69) is 25.2 Å². The molecule has 3 heterocycles. The highest BCUT2D eigenvalue weighted by atomic mass is 32.2. The Balaban J connectivity index is 1.43. The molecular formula is C23H21N3O3S. The average molecular weight is 420 g/mol. The molecule has 0 atom stereocenters. The summed E-state index contributed by atoms with van der Waals surface area (Å²) in [4.78, 5) is 12.8. The summed E-state index contributed by atoms with van der Waals surface area (Å²) < 4.78 is 12.6. The van der Waals surface area contributed by atoms with Crippen LogP contribution in [0.25, 0.3) is 11.8 Å². The van der Waals surface area contributed by atoms with Gasteiger partial charge in [0.2, 0.25) is 12.7 Å². The highest BCUT2D eigenvalue weighted by Crippen LogP contribution is 2.37. The number of ether oxygens (including phenoxy) is 2. The maximum atomic E-state index is 12.8. The topological polar surface area (TPSA) is 65.4 Å². The van der Waals surface area contributed by atoms with Crippen molar-refractivity contribution in [2.24, 2.45) is 0 Å². The van der Waals surface area contributed by atoms with Gasteiger partial charge >= 0.3 is 0 Å². The smallest absolute Gasteiger partial charge is 0.249 e. The number of amides is 1. The maximum Gasteiger partial charge on any atom is 0.249 e. The fraction of sp³-hybridized carbons (Fsp3) is 0.217. The lowest BCUT2D eigenvalue weighted by Crippen LogP contribution is -2.14. The summed E-state index contributed by atoms with van der Waals surface area (Å²) in [6.07, 6.45) is 3.30. The maximum absolute atomic E-state index is 12.8. The van der Waals surface area contributed by atoms with Crippen LogP contribution in [0, 0.1) is 13.8 Å². The van der Waals surface area contributed by atoms with Crippen molar-refractivity contribution in [1.82, 2.24) is 9.78 Å². The van der Waals surface area contributed by atoms with Gasteiger partial charge in [0.1, 0.15) is 5.82 Å². The molecule has 1 aromatic heterocycles. The van der Waals surface area contributed by atoms with Crippen LogP contribution < -0.4 is 14.8 Å². The molecule has 0 fully saturated rings. The molecule has 0 unspecified atom stereocenters. The fourth-order valence-electron chi connectivity index (χ4n) is 3.63. The molecular weight excluding hydrogens is 398 g/mol. The van der Waals surface area contributed by atoms with Crippen molar-refractivity contribution in [2.75, 3.05) is 12.1 Å². The lowest BCUT2D eigenvalue weighted by Gasteiger charge is -2.13. The number of thioether (sulfide) groups is 1. The zero-order chi connectivity index (χ0) is 20.7. The molecule has 5 rings (SSSR count). The minimum absolute atomic E-state index is 0.196. The predicted molar refractivity (Wildman–Crippen MR) is 118 cm³/mol. The van der Waals surface area contributed by atoms with E-state index in [0.717, 1.165) is 51.1 Å². The number of fused-ring (bicyclic) bond motifs is 2. The zero-order valence-electron chi connectivity index (χ0n) is 16.8. The highest BCUT2D eigenvalue weighted by molar-refractivity contribution is 7.98. The molecule has 1 N–H and O–H groups in total. The minimum atomic E-state index is -0.196. The van der Waals surface area contributed by atoms with E-state index in [-0.39, 0.29) is 12.7 Å². The van der Waals surface area contributed by atoms with E-state index in [4.69, 9.17) is 14.6 Å². The van der Waals surface area contributed by atoms with E-state index in [9.17, 15) is 4.79 Å². The van der Waals surface area contributed by atoms with Crippen LogP contribution in [0.1, 0.15) is 27.9 Å². The van der Waals surface area contributed by atoms with Gasteiger partial charge in [-0.05, 0) is 54.8 Å². The molecule has 7 heteroatoms. The van der Waals surface area contributed by atoms with Crippen LogP contribution in [-0.4, -0.2) is 22.5 Å². The summed E-state index contributed by atoms with van der Waals surface area (Å²) in [7, 11) is 0.